The lowest BCUT2D eigenvalue weighted by Crippen LogP contribution is -2.65. The van der Waals surface area contributed by atoms with Crippen molar-refractivity contribution >= 4 is 29.4 Å². The zero-order valence-electron chi connectivity index (χ0n) is 19.7. The van der Waals surface area contributed by atoms with E-state index in [9.17, 15) is 20.1 Å². The molecule has 2 saturated heterocycles. The van der Waals surface area contributed by atoms with Gasteiger partial charge < -0.3 is 25.4 Å². The van der Waals surface area contributed by atoms with Gasteiger partial charge in [-0.15, -0.1) is 16.9 Å². The van der Waals surface area contributed by atoms with Crippen molar-refractivity contribution in [3.63, 3.8) is 0 Å². The number of likely N-dealkylation sites (tertiary alicyclic amines) is 1. The van der Waals surface area contributed by atoms with Crippen molar-refractivity contribution in [2.75, 3.05) is 19.8 Å². The summed E-state index contributed by atoms with van der Waals surface area (Å²) in [6, 6.07) is -0.935. The number of aliphatic hydroxyl groups is 3. The van der Waals surface area contributed by atoms with E-state index in [1.54, 1.807) is 13.3 Å². The number of carbonyl (C=O) groups is 1. The highest BCUT2D eigenvalue weighted by Crippen LogP contribution is 2.33. The fourth-order valence-electron chi connectivity index (χ4n) is 4.68. The lowest BCUT2D eigenvalue weighted by atomic mass is 9.92. The third-order valence-electron chi connectivity index (χ3n) is 6.51. The number of ether oxygens (including phenoxy) is 1. The molecule has 0 bridgehead atoms. The van der Waals surface area contributed by atoms with Crippen molar-refractivity contribution in [3.8, 4) is 0 Å². The van der Waals surface area contributed by atoms with Crippen LogP contribution in [0.4, 0.5) is 0 Å². The van der Waals surface area contributed by atoms with Crippen LogP contribution in [0.2, 0.25) is 0 Å². The van der Waals surface area contributed by atoms with Crippen LogP contribution in [-0.4, -0.2) is 113 Å². The molecule has 13 heteroatoms. The zero-order valence-corrected chi connectivity index (χ0v) is 21.4. The summed E-state index contributed by atoms with van der Waals surface area (Å²) in [4.78, 5) is 15.4. The molecule has 188 valence electrons. The Hall–Kier alpha value is -0.960. The first-order valence-corrected chi connectivity index (χ1v) is 13.5. The lowest BCUT2D eigenvalue weighted by Gasteiger charge is -2.44. The fraction of sp³-hybridized carbons (Fsp3) is 0.900. The minimum atomic E-state index is -1.39. The summed E-state index contributed by atoms with van der Waals surface area (Å²) in [6.45, 7) is 4.91. The summed E-state index contributed by atoms with van der Waals surface area (Å²) in [5.74, 6) is 0.335. The molecule has 3 rings (SSSR count). The number of aliphatic hydroxyl groups excluding tert-OH is 3. The quantitative estimate of drug-likeness (QED) is 0.322. The highest BCUT2D eigenvalue weighted by atomic mass is 32.2. The van der Waals surface area contributed by atoms with Gasteiger partial charge in [0.2, 0.25) is 11.1 Å². The molecule has 0 spiro atoms. The fourth-order valence-corrected chi connectivity index (χ4v) is 6.34. The number of aryl methyl sites for hydroxylation is 1. The molecule has 11 nitrogen and oxygen atoms in total. The number of carbonyl (C=O) groups excluding carboxylic acids is 1. The molecule has 0 saturated carbocycles. The second-order valence-electron chi connectivity index (χ2n) is 8.96. The van der Waals surface area contributed by atoms with E-state index in [1.807, 2.05) is 14.0 Å². The smallest absolute Gasteiger partial charge is 0.237 e. The van der Waals surface area contributed by atoms with Gasteiger partial charge in [0.25, 0.3) is 0 Å². The number of rotatable bonds is 9. The first kappa shape index (κ1) is 26.6. The first-order valence-electron chi connectivity index (χ1n) is 11.3. The summed E-state index contributed by atoms with van der Waals surface area (Å²) >= 11 is 2.59. The molecule has 3 heterocycles. The van der Waals surface area contributed by atoms with Crippen LogP contribution in [0.15, 0.2) is 5.16 Å². The number of hydrogen-bond acceptors (Lipinski definition) is 11. The van der Waals surface area contributed by atoms with Crippen LogP contribution < -0.4 is 5.32 Å². The number of thioether (sulfide) groups is 2. The molecule has 1 amide bonds. The third-order valence-corrected chi connectivity index (χ3v) is 8.59. The summed E-state index contributed by atoms with van der Waals surface area (Å²) in [5.41, 5.74) is -0.732. The summed E-state index contributed by atoms with van der Waals surface area (Å²) in [7, 11) is 3.67. The molecular weight excluding hydrogens is 468 g/mol. The van der Waals surface area contributed by atoms with Crippen LogP contribution in [0.25, 0.3) is 0 Å². The number of likely N-dealkylation sites (N-methyl/N-ethyl adjacent to an activating group) is 1. The Balaban J connectivity index is 1.82. The van der Waals surface area contributed by atoms with Crippen molar-refractivity contribution in [3.05, 3.63) is 0 Å². The topological polar surface area (TPSA) is 146 Å². The SMILES string of the molecule is CCC[C@@H]1C[C@@H](C(=O)N[C@@H]([C@H]2O[C@H](SC)[C@H](O)[C@@H](O)[C@H]2O)[C@H](C)Sc2nnnn2C)N(C)C1. The van der Waals surface area contributed by atoms with Crippen molar-refractivity contribution in [1.29, 1.82) is 0 Å². The highest BCUT2D eigenvalue weighted by Gasteiger charge is 2.49. The van der Waals surface area contributed by atoms with E-state index >= 15 is 0 Å². The summed E-state index contributed by atoms with van der Waals surface area (Å²) in [5, 5.41) is 46.4. The Morgan fingerprint density at radius 1 is 1.27 bits per heavy atom. The van der Waals surface area contributed by atoms with Gasteiger partial charge in [0.05, 0.1) is 12.1 Å². The van der Waals surface area contributed by atoms with E-state index in [2.05, 4.69) is 32.7 Å². The van der Waals surface area contributed by atoms with E-state index in [4.69, 9.17) is 4.74 Å². The van der Waals surface area contributed by atoms with Gasteiger partial charge in [0, 0.05) is 18.8 Å². The molecule has 0 aromatic carbocycles. The number of nitrogens with one attached hydrogen (secondary N) is 1. The molecule has 2 fully saturated rings. The molecule has 33 heavy (non-hydrogen) atoms. The Labute approximate surface area is 203 Å². The van der Waals surface area contributed by atoms with Crippen LogP contribution in [0.5, 0.6) is 0 Å². The first-order chi connectivity index (χ1) is 15.7. The van der Waals surface area contributed by atoms with Gasteiger partial charge in [-0.25, -0.2) is 4.68 Å². The highest BCUT2D eigenvalue weighted by molar-refractivity contribution is 7.99. The van der Waals surface area contributed by atoms with Gasteiger partial charge in [-0.05, 0) is 42.5 Å². The van der Waals surface area contributed by atoms with Crippen LogP contribution in [0, 0.1) is 5.92 Å². The predicted molar refractivity (Wildman–Crippen MR) is 126 cm³/mol. The average Bonchev–Trinajstić information content (AvgIpc) is 3.35. The molecule has 0 radical (unpaired) electrons. The van der Waals surface area contributed by atoms with Gasteiger partial charge in [0.15, 0.2) is 0 Å². The maximum atomic E-state index is 13.4. The van der Waals surface area contributed by atoms with E-state index in [0.29, 0.717) is 11.1 Å². The Kier molecular flexibility index (Phi) is 9.40. The van der Waals surface area contributed by atoms with Crippen LogP contribution in [0.1, 0.15) is 33.1 Å². The van der Waals surface area contributed by atoms with Gasteiger partial charge >= 0.3 is 0 Å². The van der Waals surface area contributed by atoms with Crippen LogP contribution in [0.3, 0.4) is 0 Å². The number of aromatic nitrogens is 4. The standard InChI is InChI=1S/C20H36N6O5S2/c1-6-7-11-8-12(25(3)9-11)18(30)21-13(10(2)33-20-22-23-24-26(20)4)17-15(28)14(27)16(29)19(31-17)32-5/h10-17,19,27-29H,6-9H2,1-5H3,(H,21,30)/t10-,11+,12-,13+,14-,15+,16+,17+,19+/m0/s1. The molecule has 2 aliphatic rings. The molecule has 0 unspecified atom stereocenters. The molecule has 9 atom stereocenters. The van der Waals surface area contributed by atoms with E-state index < -0.39 is 35.9 Å². The van der Waals surface area contributed by atoms with Crippen molar-refractivity contribution in [1.82, 2.24) is 30.4 Å². The molecule has 1 aromatic heterocycles. The molecular formula is C20H36N6O5S2. The minimum Gasteiger partial charge on any atom is -0.388 e. The minimum absolute atomic E-state index is 0.137. The maximum absolute atomic E-state index is 13.4. The zero-order chi connectivity index (χ0) is 24.3. The Bertz CT molecular complexity index is 786. The normalized spacial score (nSPS) is 34.8. The van der Waals surface area contributed by atoms with Gasteiger partial charge in [-0.2, -0.15) is 0 Å². The van der Waals surface area contributed by atoms with E-state index in [-0.39, 0.29) is 17.2 Å². The van der Waals surface area contributed by atoms with E-state index in [0.717, 1.165) is 25.8 Å². The number of amides is 1. The average molecular weight is 505 g/mol. The summed E-state index contributed by atoms with van der Waals surface area (Å²) < 4.78 is 7.55. The molecule has 1 aromatic rings. The van der Waals surface area contributed by atoms with Gasteiger partial charge in [-0.3, -0.25) is 9.69 Å². The molecule has 4 N–H and O–H groups in total. The predicted octanol–water partition coefficient (Wildman–Crippen LogP) is -0.533. The third kappa shape index (κ3) is 6.00. The Morgan fingerprint density at radius 2 is 2.00 bits per heavy atom. The number of tetrazole rings is 1. The number of nitrogens with zero attached hydrogens (tertiary/aromatic N) is 5. The monoisotopic (exact) mass is 504 g/mol. The van der Waals surface area contributed by atoms with Crippen molar-refractivity contribution in [2.24, 2.45) is 13.0 Å². The second-order valence-corrected chi connectivity index (χ2v) is 11.2. The van der Waals surface area contributed by atoms with Crippen molar-refractivity contribution in [2.45, 2.75) is 85.5 Å². The van der Waals surface area contributed by atoms with Gasteiger partial charge in [-0.1, -0.05) is 32.0 Å². The lowest BCUT2D eigenvalue weighted by molar-refractivity contribution is -0.205. The molecule has 2 aliphatic heterocycles. The maximum Gasteiger partial charge on any atom is 0.237 e. The van der Waals surface area contributed by atoms with Gasteiger partial charge in [0.1, 0.15) is 29.9 Å². The van der Waals surface area contributed by atoms with Crippen molar-refractivity contribution < 1.29 is 24.9 Å². The van der Waals surface area contributed by atoms with Crippen LogP contribution >= 0.6 is 23.5 Å². The van der Waals surface area contributed by atoms with Crippen LogP contribution in [-0.2, 0) is 16.6 Å². The largest absolute Gasteiger partial charge is 0.388 e. The number of hydrogen-bond donors (Lipinski definition) is 4. The van der Waals surface area contributed by atoms with E-state index in [1.165, 1.54) is 28.2 Å². The summed E-state index contributed by atoms with van der Waals surface area (Å²) in [6.07, 6.45) is -0.231. The Morgan fingerprint density at radius 3 is 2.61 bits per heavy atom. The molecule has 0 aliphatic carbocycles. The second kappa shape index (κ2) is 11.6.